The number of esters is 1. The number of carbonyl (C=O) groups excluding carboxylic acids is 1. The minimum absolute atomic E-state index is 0.226. The average molecular weight is 312 g/mol. The monoisotopic (exact) mass is 312 g/mol. The van der Waals surface area contributed by atoms with E-state index in [9.17, 15) is 4.79 Å². The molecule has 120 valence electrons. The van der Waals surface area contributed by atoms with Crippen LogP contribution in [0.4, 0.5) is 0 Å². The quantitative estimate of drug-likeness (QED) is 0.737. The Balaban J connectivity index is 1.48. The third-order valence-corrected chi connectivity index (χ3v) is 3.77. The number of ether oxygens (including phenoxy) is 3. The van der Waals surface area contributed by atoms with Gasteiger partial charge in [-0.25, -0.2) is 0 Å². The molecule has 0 aromatic heterocycles. The van der Waals surface area contributed by atoms with Crippen molar-refractivity contribution in [1.29, 1.82) is 0 Å². The molecule has 23 heavy (non-hydrogen) atoms. The summed E-state index contributed by atoms with van der Waals surface area (Å²) in [7, 11) is 0. The Morgan fingerprint density at radius 2 is 1.52 bits per heavy atom. The highest BCUT2D eigenvalue weighted by molar-refractivity contribution is 5.72. The van der Waals surface area contributed by atoms with Gasteiger partial charge in [-0.2, -0.15) is 0 Å². The summed E-state index contributed by atoms with van der Waals surface area (Å²) in [5.41, 5.74) is 2.18. The van der Waals surface area contributed by atoms with Gasteiger partial charge in [-0.1, -0.05) is 60.7 Å². The molecule has 3 rings (SSSR count). The van der Waals surface area contributed by atoms with Crippen LogP contribution < -0.4 is 0 Å². The highest BCUT2D eigenvalue weighted by atomic mass is 16.6. The first-order valence-electron chi connectivity index (χ1n) is 7.78. The van der Waals surface area contributed by atoms with E-state index in [0.717, 1.165) is 11.1 Å². The van der Waals surface area contributed by atoms with Gasteiger partial charge >= 0.3 is 5.97 Å². The van der Waals surface area contributed by atoms with Crippen molar-refractivity contribution >= 4 is 5.97 Å². The molecule has 4 heteroatoms. The van der Waals surface area contributed by atoms with E-state index >= 15 is 0 Å². The third-order valence-electron chi connectivity index (χ3n) is 3.77. The molecule has 0 radical (unpaired) electrons. The van der Waals surface area contributed by atoms with Gasteiger partial charge < -0.3 is 14.2 Å². The maximum absolute atomic E-state index is 11.6. The third kappa shape index (κ3) is 4.65. The van der Waals surface area contributed by atoms with Gasteiger partial charge in [0.25, 0.3) is 0 Å². The van der Waals surface area contributed by atoms with E-state index in [-0.39, 0.29) is 24.6 Å². The van der Waals surface area contributed by atoms with Gasteiger partial charge in [0.2, 0.25) is 0 Å². The lowest BCUT2D eigenvalue weighted by atomic mass is 10.2. The van der Waals surface area contributed by atoms with E-state index < -0.39 is 0 Å². The normalized spacial score (nSPS) is 20.4. The van der Waals surface area contributed by atoms with Crippen LogP contribution in [-0.2, 0) is 32.2 Å². The van der Waals surface area contributed by atoms with Gasteiger partial charge in [-0.3, -0.25) is 4.79 Å². The molecule has 0 saturated carbocycles. The van der Waals surface area contributed by atoms with Crippen LogP contribution in [0.1, 0.15) is 17.5 Å². The molecule has 2 atom stereocenters. The Morgan fingerprint density at radius 1 is 0.913 bits per heavy atom. The Kier molecular flexibility index (Phi) is 5.40. The fraction of sp³-hybridized carbons (Fsp3) is 0.316. The summed E-state index contributed by atoms with van der Waals surface area (Å²) in [5, 5.41) is 0. The van der Waals surface area contributed by atoms with Gasteiger partial charge in [-0.05, 0) is 11.1 Å². The summed E-state index contributed by atoms with van der Waals surface area (Å²) in [4.78, 5) is 11.6. The lowest BCUT2D eigenvalue weighted by molar-refractivity contribution is -0.144. The van der Waals surface area contributed by atoms with Crippen molar-refractivity contribution in [2.75, 3.05) is 6.61 Å². The molecular weight excluding hydrogens is 292 g/mol. The van der Waals surface area contributed by atoms with Gasteiger partial charge in [0.05, 0.1) is 26.2 Å². The molecule has 1 aliphatic heterocycles. The first-order chi connectivity index (χ1) is 11.3. The molecule has 1 heterocycles. The van der Waals surface area contributed by atoms with Crippen molar-refractivity contribution < 1.29 is 19.0 Å². The summed E-state index contributed by atoms with van der Waals surface area (Å²) >= 11 is 0. The van der Waals surface area contributed by atoms with Crippen LogP contribution in [0.3, 0.4) is 0 Å². The molecule has 1 fully saturated rings. The number of hydrogen-bond donors (Lipinski definition) is 0. The SMILES string of the molecule is O=C1C[C@H](OCc2ccccc2)[C@H](COCc2ccccc2)O1. The molecule has 2 aromatic rings. The van der Waals surface area contributed by atoms with Crippen LogP contribution in [-0.4, -0.2) is 24.8 Å². The molecule has 0 aliphatic carbocycles. The van der Waals surface area contributed by atoms with Crippen LogP contribution in [0.15, 0.2) is 60.7 Å². The van der Waals surface area contributed by atoms with Crippen molar-refractivity contribution in [1.82, 2.24) is 0 Å². The predicted octanol–water partition coefficient (Wildman–Crippen LogP) is 3.10. The molecule has 0 N–H and O–H groups in total. The Bertz CT molecular complexity index is 612. The Labute approximate surface area is 136 Å². The molecule has 0 spiro atoms. The summed E-state index contributed by atoms with van der Waals surface area (Å²) < 4.78 is 16.8. The van der Waals surface area contributed by atoms with Gasteiger partial charge in [0.1, 0.15) is 6.10 Å². The molecule has 0 bridgehead atoms. The largest absolute Gasteiger partial charge is 0.457 e. The second kappa shape index (κ2) is 7.90. The van der Waals surface area contributed by atoms with Crippen molar-refractivity contribution in [3.8, 4) is 0 Å². The van der Waals surface area contributed by atoms with Gasteiger partial charge in [0, 0.05) is 0 Å². The minimum Gasteiger partial charge on any atom is -0.457 e. The van der Waals surface area contributed by atoms with Crippen LogP contribution in [0.2, 0.25) is 0 Å². The summed E-state index contributed by atoms with van der Waals surface area (Å²) in [6, 6.07) is 19.8. The summed E-state index contributed by atoms with van der Waals surface area (Å²) in [5.74, 6) is -0.226. The van der Waals surface area contributed by atoms with E-state index in [1.807, 2.05) is 60.7 Å². The minimum atomic E-state index is -0.338. The zero-order valence-electron chi connectivity index (χ0n) is 12.9. The first-order valence-corrected chi connectivity index (χ1v) is 7.78. The van der Waals surface area contributed by atoms with Crippen LogP contribution in [0, 0.1) is 0 Å². The molecular formula is C19H20O4. The van der Waals surface area contributed by atoms with E-state index in [2.05, 4.69) is 0 Å². The highest BCUT2D eigenvalue weighted by Crippen LogP contribution is 2.20. The van der Waals surface area contributed by atoms with Gasteiger partial charge in [0.15, 0.2) is 6.10 Å². The number of cyclic esters (lactones) is 1. The zero-order chi connectivity index (χ0) is 15.9. The molecule has 0 amide bonds. The fourth-order valence-electron chi connectivity index (χ4n) is 2.54. The second-order valence-electron chi connectivity index (χ2n) is 5.57. The number of hydrogen-bond acceptors (Lipinski definition) is 4. The van der Waals surface area contributed by atoms with Crippen molar-refractivity contribution in [2.45, 2.75) is 31.8 Å². The van der Waals surface area contributed by atoms with E-state index in [1.165, 1.54) is 0 Å². The smallest absolute Gasteiger partial charge is 0.309 e. The lowest BCUT2D eigenvalue weighted by Crippen LogP contribution is -2.29. The van der Waals surface area contributed by atoms with Gasteiger partial charge in [-0.15, -0.1) is 0 Å². The maximum Gasteiger partial charge on any atom is 0.309 e. The number of rotatable bonds is 7. The van der Waals surface area contributed by atoms with E-state index in [4.69, 9.17) is 14.2 Å². The molecule has 1 aliphatic rings. The van der Waals surface area contributed by atoms with Crippen LogP contribution in [0.25, 0.3) is 0 Å². The Hall–Kier alpha value is -2.17. The fourth-order valence-corrected chi connectivity index (χ4v) is 2.54. The van der Waals surface area contributed by atoms with Crippen molar-refractivity contribution in [3.05, 3.63) is 71.8 Å². The summed E-state index contributed by atoms with van der Waals surface area (Å²) in [6.07, 6.45) is -0.306. The standard InChI is InChI=1S/C19H20O4/c20-19-11-17(22-13-16-9-5-2-6-10-16)18(23-19)14-21-12-15-7-3-1-4-8-15/h1-10,17-18H,11-14H2/t17-,18-/m0/s1. The lowest BCUT2D eigenvalue weighted by Gasteiger charge is -2.18. The first kappa shape index (κ1) is 15.7. The van der Waals surface area contributed by atoms with E-state index in [1.54, 1.807) is 0 Å². The highest BCUT2D eigenvalue weighted by Gasteiger charge is 2.35. The topological polar surface area (TPSA) is 44.8 Å². The number of carbonyl (C=O) groups is 1. The number of benzene rings is 2. The molecule has 0 unspecified atom stereocenters. The van der Waals surface area contributed by atoms with E-state index in [0.29, 0.717) is 19.8 Å². The van der Waals surface area contributed by atoms with Crippen molar-refractivity contribution in [3.63, 3.8) is 0 Å². The summed E-state index contributed by atoms with van der Waals surface area (Å²) in [6.45, 7) is 1.32. The van der Waals surface area contributed by atoms with Crippen LogP contribution >= 0.6 is 0 Å². The molecule has 1 saturated heterocycles. The molecule has 4 nitrogen and oxygen atoms in total. The Morgan fingerprint density at radius 3 is 2.17 bits per heavy atom. The second-order valence-corrected chi connectivity index (χ2v) is 5.57. The predicted molar refractivity (Wildman–Crippen MR) is 85.6 cm³/mol. The average Bonchev–Trinajstić information content (AvgIpc) is 2.95. The van der Waals surface area contributed by atoms with Crippen LogP contribution in [0.5, 0.6) is 0 Å². The zero-order valence-corrected chi connectivity index (χ0v) is 12.9. The van der Waals surface area contributed by atoms with Crippen molar-refractivity contribution in [2.24, 2.45) is 0 Å². The maximum atomic E-state index is 11.6. The molecule has 2 aromatic carbocycles.